The maximum absolute atomic E-state index is 13.0. The molecular weight excluding hydrogens is 361 g/mol. The maximum Gasteiger partial charge on any atom is 0.341 e. The molecule has 2 aromatic rings. The molecule has 0 aliphatic rings. The molecule has 7 heteroatoms. The van der Waals surface area contributed by atoms with Gasteiger partial charge in [0, 0.05) is 10.1 Å². The van der Waals surface area contributed by atoms with E-state index in [9.17, 15) is 14.0 Å². The van der Waals surface area contributed by atoms with Crippen molar-refractivity contribution in [3.05, 3.63) is 51.7 Å². The zero-order valence-electron chi connectivity index (χ0n) is 14.5. The van der Waals surface area contributed by atoms with Gasteiger partial charge in [-0.25, -0.2) is 9.18 Å². The number of nitrogens with one attached hydrogen (secondary N) is 1. The lowest BCUT2D eigenvalue weighted by atomic mass is 10.1. The summed E-state index contributed by atoms with van der Waals surface area (Å²) in [6.45, 7) is 5.69. The number of benzene rings is 1. The number of amides is 1. The van der Waals surface area contributed by atoms with E-state index in [1.807, 2.05) is 20.8 Å². The van der Waals surface area contributed by atoms with Gasteiger partial charge in [0.15, 0.2) is 0 Å². The topological polar surface area (TPSA) is 55.4 Å². The lowest BCUT2D eigenvalue weighted by Gasteiger charge is -2.12. The Morgan fingerprint density at radius 2 is 1.92 bits per heavy atom. The second-order valence-electron chi connectivity index (χ2n) is 5.53. The van der Waals surface area contributed by atoms with Crippen molar-refractivity contribution in [1.29, 1.82) is 0 Å². The Hall–Kier alpha value is -1.86. The van der Waals surface area contributed by atoms with Gasteiger partial charge < -0.3 is 10.1 Å². The minimum Gasteiger partial charge on any atom is -0.465 e. The lowest BCUT2D eigenvalue weighted by molar-refractivity contribution is -0.113. The van der Waals surface area contributed by atoms with Crippen LogP contribution in [0.1, 0.15) is 38.5 Å². The summed E-state index contributed by atoms with van der Waals surface area (Å²) in [5.74, 6) is -0.692. The number of hydrogen-bond donors (Lipinski definition) is 1. The molecule has 0 saturated carbocycles. The summed E-state index contributed by atoms with van der Waals surface area (Å²) in [4.78, 5) is 25.1. The predicted octanol–water partition coefficient (Wildman–Crippen LogP) is 4.72. The average Bonchev–Trinajstić information content (AvgIpc) is 2.86. The Morgan fingerprint density at radius 1 is 1.28 bits per heavy atom. The monoisotopic (exact) mass is 381 g/mol. The van der Waals surface area contributed by atoms with Crippen molar-refractivity contribution in [3.63, 3.8) is 0 Å². The van der Waals surface area contributed by atoms with Crippen molar-refractivity contribution >= 4 is 40.0 Å². The zero-order chi connectivity index (χ0) is 18.6. The molecule has 25 heavy (non-hydrogen) atoms. The van der Waals surface area contributed by atoms with Crippen LogP contribution < -0.4 is 5.32 Å². The van der Waals surface area contributed by atoms with E-state index in [4.69, 9.17) is 4.74 Å². The van der Waals surface area contributed by atoms with E-state index in [1.165, 1.54) is 42.3 Å². The Kier molecular flexibility index (Phi) is 6.61. The van der Waals surface area contributed by atoms with Gasteiger partial charge >= 0.3 is 5.97 Å². The third-order valence-corrected chi connectivity index (χ3v) is 6.16. The number of hydrogen-bond acceptors (Lipinski definition) is 5. The summed E-state index contributed by atoms with van der Waals surface area (Å²) in [6, 6.07) is 6.25. The normalized spacial score (nSPS) is 11.9. The number of halogens is 1. The van der Waals surface area contributed by atoms with E-state index in [0.717, 1.165) is 16.0 Å². The molecule has 1 unspecified atom stereocenters. The Bertz CT molecular complexity index is 771. The van der Waals surface area contributed by atoms with Crippen LogP contribution >= 0.6 is 23.1 Å². The summed E-state index contributed by atoms with van der Waals surface area (Å²) >= 11 is 2.81. The van der Waals surface area contributed by atoms with Gasteiger partial charge in [0.1, 0.15) is 10.8 Å². The van der Waals surface area contributed by atoms with Gasteiger partial charge in [-0.05, 0) is 44.0 Å². The highest BCUT2D eigenvalue weighted by molar-refractivity contribution is 8.00. The number of thiophene rings is 1. The van der Waals surface area contributed by atoms with Crippen LogP contribution in [-0.4, -0.2) is 24.7 Å². The zero-order valence-corrected chi connectivity index (χ0v) is 16.1. The first-order chi connectivity index (χ1) is 11.8. The van der Waals surface area contributed by atoms with Gasteiger partial charge in [-0.2, -0.15) is 0 Å². The van der Waals surface area contributed by atoms with Gasteiger partial charge in [0.25, 0.3) is 0 Å². The van der Waals surface area contributed by atoms with Crippen molar-refractivity contribution in [2.75, 3.05) is 18.2 Å². The van der Waals surface area contributed by atoms with E-state index < -0.39 is 5.97 Å². The van der Waals surface area contributed by atoms with E-state index >= 15 is 0 Å². The molecule has 1 atom stereocenters. The molecule has 0 bridgehead atoms. The van der Waals surface area contributed by atoms with Gasteiger partial charge in [-0.3, -0.25) is 4.79 Å². The minimum absolute atomic E-state index is 0.0539. The van der Waals surface area contributed by atoms with Gasteiger partial charge in [0.2, 0.25) is 5.91 Å². The summed E-state index contributed by atoms with van der Waals surface area (Å²) in [5.41, 5.74) is 2.19. The summed E-state index contributed by atoms with van der Waals surface area (Å²) in [6.07, 6.45) is 0. The van der Waals surface area contributed by atoms with Crippen LogP contribution in [0.4, 0.5) is 9.39 Å². The lowest BCUT2D eigenvalue weighted by Crippen LogP contribution is -2.16. The summed E-state index contributed by atoms with van der Waals surface area (Å²) < 4.78 is 17.8. The second-order valence-corrected chi connectivity index (χ2v) is 8.09. The molecular formula is C18H20FNO3S2. The Balaban J connectivity index is 2.00. The van der Waals surface area contributed by atoms with Crippen LogP contribution in [0.2, 0.25) is 0 Å². The highest BCUT2D eigenvalue weighted by Gasteiger charge is 2.21. The number of aryl methyl sites for hydroxylation is 1. The fourth-order valence-corrected chi connectivity index (χ4v) is 4.14. The van der Waals surface area contributed by atoms with E-state index in [0.29, 0.717) is 10.6 Å². The van der Waals surface area contributed by atoms with E-state index in [1.54, 1.807) is 12.1 Å². The van der Waals surface area contributed by atoms with Crippen molar-refractivity contribution in [3.8, 4) is 0 Å². The number of methoxy groups -OCH3 is 1. The molecule has 4 nitrogen and oxygen atoms in total. The number of anilines is 1. The van der Waals surface area contributed by atoms with Crippen LogP contribution in [0.5, 0.6) is 0 Å². The number of ether oxygens (including phenoxy) is 1. The molecule has 1 N–H and O–H groups in total. The van der Waals surface area contributed by atoms with Crippen LogP contribution in [0.3, 0.4) is 0 Å². The van der Waals surface area contributed by atoms with Crippen molar-refractivity contribution in [2.45, 2.75) is 26.0 Å². The largest absolute Gasteiger partial charge is 0.465 e. The first kappa shape index (κ1) is 19.5. The molecule has 0 aliphatic heterocycles. The average molecular weight is 381 g/mol. The quantitative estimate of drug-likeness (QED) is 0.736. The predicted molar refractivity (Wildman–Crippen MR) is 101 cm³/mol. The fraction of sp³-hybridized carbons (Fsp3) is 0.333. The van der Waals surface area contributed by atoms with Crippen LogP contribution in [-0.2, 0) is 9.53 Å². The Morgan fingerprint density at radius 3 is 2.52 bits per heavy atom. The molecule has 1 amide bonds. The second kappa shape index (κ2) is 8.49. The molecule has 0 spiro atoms. The first-order valence-corrected chi connectivity index (χ1v) is 9.55. The molecule has 1 aromatic carbocycles. The van der Waals surface area contributed by atoms with Gasteiger partial charge in [0.05, 0.1) is 18.4 Å². The SMILES string of the molecule is COC(=O)c1c(NC(=O)CSC(C)c2ccc(F)cc2)sc(C)c1C. The molecule has 0 fully saturated rings. The van der Waals surface area contributed by atoms with Crippen LogP contribution in [0, 0.1) is 19.7 Å². The highest BCUT2D eigenvalue weighted by atomic mass is 32.2. The fourth-order valence-electron chi connectivity index (χ4n) is 2.26. The first-order valence-electron chi connectivity index (χ1n) is 7.68. The van der Waals surface area contributed by atoms with Crippen molar-refractivity contribution in [2.24, 2.45) is 0 Å². The van der Waals surface area contributed by atoms with Crippen molar-refractivity contribution < 1.29 is 18.7 Å². The molecule has 0 radical (unpaired) electrons. The molecule has 2 rings (SSSR count). The minimum atomic E-state index is -0.454. The van der Waals surface area contributed by atoms with Crippen molar-refractivity contribution in [1.82, 2.24) is 0 Å². The summed E-state index contributed by atoms with van der Waals surface area (Å²) in [7, 11) is 1.32. The van der Waals surface area contributed by atoms with Crippen LogP contribution in [0.25, 0.3) is 0 Å². The smallest absolute Gasteiger partial charge is 0.341 e. The third-order valence-electron chi connectivity index (χ3n) is 3.83. The molecule has 1 heterocycles. The molecule has 0 aliphatic carbocycles. The van der Waals surface area contributed by atoms with E-state index in [2.05, 4.69) is 5.32 Å². The van der Waals surface area contributed by atoms with Gasteiger partial charge in [-0.1, -0.05) is 12.1 Å². The molecule has 1 aromatic heterocycles. The Labute approximate surface area is 154 Å². The maximum atomic E-state index is 13.0. The number of carbonyl (C=O) groups is 2. The summed E-state index contributed by atoms with van der Waals surface area (Å²) in [5, 5.41) is 3.37. The van der Waals surface area contributed by atoms with Crippen LogP contribution in [0.15, 0.2) is 24.3 Å². The number of esters is 1. The number of rotatable bonds is 6. The highest BCUT2D eigenvalue weighted by Crippen LogP contribution is 2.33. The standard InChI is InChI=1S/C18H20FNO3S2/c1-10-11(2)25-17(16(10)18(22)23-4)20-15(21)9-24-12(3)13-5-7-14(19)8-6-13/h5-8,12H,9H2,1-4H3,(H,20,21). The third kappa shape index (κ3) is 4.83. The number of thioether (sulfide) groups is 1. The number of carbonyl (C=O) groups excluding carboxylic acids is 2. The van der Waals surface area contributed by atoms with Gasteiger partial charge in [-0.15, -0.1) is 23.1 Å². The molecule has 0 saturated heterocycles. The van der Waals surface area contributed by atoms with E-state index in [-0.39, 0.29) is 22.7 Å². The molecule has 134 valence electrons.